The first-order valence-corrected chi connectivity index (χ1v) is 8.51. The Morgan fingerprint density at radius 1 is 1.23 bits per heavy atom. The number of carbonyl (C=O) groups excluding carboxylic acids is 1. The topological polar surface area (TPSA) is 66.9 Å². The van der Waals surface area contributed by atoms with Gasteiger partial charge in [0.15, 0.2) is 0 Å². The number of likely N-dealkylation sites (N-methyl/N-ethyl adjacent to an activating group) is 1. The molecule has 0 saturated heterocycles. The Labute approximate surface area is 131 Å². The van der Waals surface area contributed by atoms with Crippen LogP contribution in [-0.2, 0) is 19.7 Å². The van der Waals surface area contributed by atoms with Crippen LogP contribution in [0.2, 0.25) is 0 Å². The first-order valence-electron chi connectivity index (χ1n) is 7.12. The van der Waals surface area contributed by atoms with E-state index in [1.54, 1.807) is 26.0 Å². The molecule has 0 saturated carbocycles. The first kappa shape index (κ1) is 16.5. The van der Waals surface area contributed by atoms with Crippen molar-refractivity contribution in [2.75, 3.05) is 20.2 Å². The van der Waals surface area contributed by atoms with Crippen molar-refractivity contribution in [2.45, 2.75) is 19.9 Å². The number of esters is 1. The molecular formula is C15H20N2O4S. The molecule has 7 heteroatoms. The van der Waals surface area contributed by atoms with Crippen LogP contribution in [0.4, 0.5) is 0 Å². The SMILES string of the molecule is CCOC(=O)C1=CN(CC)S(=O)(=O)N(C)C1c1ccccc1. The number of nitrogens with zero attached hydrogens (tertiary/aromatic N) is 2. The minimum Gasteiger partial charge on any atom is -0.463 e. The molecule has 0 aliphatic carbocycles. The van der Waals surface area contributed by atoms with Gasteiger partial charge in [-0.2, -0.15) is 12.7 Å². The molecule has 120 valence electrons. The highest BCUT2D eigenvalue weighted by molar-refractivity contribution is 7.86. The second-order valence-electron chi connectivity index (χ2n) is 4.85. The summed E-state index contributed by atoms with van der Waals surface area (Å²) in [6, 6.07) is 8.37. The lowest BCUT2D eigenvalue weighted by molar-refractivity contribution is -0.139. The Bertz CT molecular complexity index is 670. The maximum absolute atomic E-state index is 12.5. The first-order chi connectivity index (χ1) is 10.4. The summed E-state index contributed by atoms with van der Waals surface area (Å²) in [4.78, 5) is 12.3. The molecule has 0 amide bonds. The van der Waals surface area contributed by atoms with Gasteiger partial charge in [0.2, 0.25) is 0 Å². The molecule has 22 heavy (non-hydrogen) atoms. The molecule has 1 unspecified atom stereocenters. The standard InChI is InChI=1S/C15H20N2O4S/c1-4-17-11-13(15(18)21-5-2)14(16(3)22(17,19)20)12-9-7-6-8-10-12/h6-11,14H,4-5H2,1-3H3. The number of hydrogen-bond donors (Lipinski definition) is 0. The number of rotatable bonds is 4. The van der Waals surface area contributed by atoms with E-state index in [4.69, 9.17) is 4.74 Å². The summed E-state index contributed by atoms with van der Waals surface area (Å²) >= 11 is 0. The van der Waals surface area contributed by atoms with Gasteiger partial charge in [-0.25, -0.2) is 4.79 Å². The molecule has 6 nitrogen and oxygen atoms in total. The van der Waals surface area contributed by atoms with Crippen LogP contribution in [0.3, 0.4) is 0 Å². The van der Waals surface area contributed by atoms with Crippen molar-refractivity contribution in [1.29, 1.82) is 0 Å². The predicted molar refractivity (Wildman–Crippen MR) is 83.0 cm³/mol. The van der Waals surface area contributed by atoms with Gasteiger partial charge in [-0.3, -0.25) is 4.31 Å². The maximum Gasteiger partial charge on any atom is 0.337 e. The lowest BCUT2D eigenvalue weighted by atomic mass is 9.99. The second kappa shape index (κ2) is 6.50. The average molecular weight is 324 g/mol. The third kappa shape index (κ3) is 2.86. The third-order valence-corrected chi connectivity index (χ3v) is 5.43. The van der Waals surface area contributed by atoms with E-state index in [9.17, 15) is 13.2 Å². The fourth-order valence-corrected chi connectivity index (χ4v) is 3.85. The molecule has 2 rings (SSSR count). The van der Waals surface area contributed by atoms with Crippen molar-refractivity contribution in [3.05, 3.63) is 47.7 Å². The van der Waals surface area contributed by atoms with E-state index < -0.39 is 22.2 Å². The molecule has 0 fully saturated rings. The fraction of sp³-hybridized carbons (Fsp3) is 0.400. The lowest BCUT2D eigenvalue weighted by Gasteiger charge is -2.37. The van der Waals surface area contributed by atoms with E-state index in [1.165, 1.54) is 17.6 Å². The van der Waals surface area contributed by atoms with Gasteiger partial charge in [-0.1, -0.05) is 30.3 Å². The van der Waals surface area contributed by atoms with Gasteiger partial charge in [-0.05, 0) is 19.4 Å². The number of hydrogen-bond acceptors (Lipinski definition) is 4. The zero-order chi connectivity index (χ0) is 16.3. The molecular weight excluding hydrogens is 304 g/mol. The van der Waals surface area contributed by atoms with Crippen LogP contribution in [0, 0.1) is 0 Å². The van der Waals surface area contributed by atoms with Gasteiger partial charge >= 0.3 is 16.2 Å². The van der Waals surface area contributed by atoms with E-state index in [1.807, 2.05) is 18.2 Å². The van der Waals surface area contributed by atoms with E-state index in [0.717, 1.165) is 9.87 Å². The van der Waals surface area contributed by atoms with Crippen molar-refractivity contribution in [2.24, 2.45) is 0 Å². The summed E-state index contributed by atoms with van der Waals surface area (Å²) in [5, 5.41) is 0. The highest BCUT2D eigenvalue weighted by atomic mass is 32.2. The molecule has 1 aromatic rings. The smallest absolute Gasteiger partial charge is 0.337 e. The summed E-state index contributed by atoms with van der Waals surface area (Å²) in [5.41, 5.74) is 1.04. The largest absolute Gasteiger partial charge is 0.463 e. The molecule has 1 aliphatic rings. The molecule has 1 aromatic carbocycles. The van der Waals surface area contributed by atoms with Gasteiger partial charge in [0, 0.05) is 19.8 Å². The highest BCUT2D eigenvalue weighted by Gasteiger charge is 2.41. The monoisotopic (exact) mass is 324 g/mol. The van der Waals surface area contributed by atoms with Crippen LogP contribution in [0.15, 0.2) is 42.1 Å². The van der Waals surface area contributed by atoms with Crippen LogP contribution in [0.5, 0.6) is 0 Å². The van der Waals surface area contributed by atoms with Crippen molar-refractivity contribution >= 4 is 16.2 Å². The number of ether oxygens (including phenoxy) is 1. The van der Waals surface area contributed by atoms with Gasteiger partial charge in [0.1, 0.15) is 0 Å². The van der Waals surface area contributed by atoms with Crippen LogP contribution in [0.25, 0.3) is 0 Å². The number of carbonyl (C=O) groups is 1. The zero-order valence-electron chi connectivity index (χ0n) is 12.9. The van der Waals surface area contributed by atoms with Gasteiger partial charge in [0.05, 0.1) is 18.2 Å². The number of benzene rings is 1. The quantitative estimate of drug-likeness (QED) is 0.791. The van der Waals surface area contributed by atoms with Gasteiger partial charge in [0.25, 0.3) is 0 Å². The molecule has 1 heterocycles. The van der Waals surface area contributed by atoms with Crippen molar-refractivity contribution in [1.82, 2.24) is 8.61 Å². The second-order valence-corrected chi connectivity index (χ2v) is 6.79. The summed E-state index contributed by atoms with van der Waals surface area (Å²) in [6.45, 7) is 3.92. The Balaban J connectivity index is 2.58. The summed E-state index contributed by atoms with van der Waals surface area (Å²) < 4.78 is 32.5. The van der Waals surface area contributed by atoms with Crippen LogP contribution in [-0.4, -0.2) is 43.2 Å². The van der Waals surface area contributed by atoms with Crippen molar-refractivity contribution < 1.29 is 17.9 Å². The zero-order valence-corrected chi connectivity index (χ0v) is 13.7. The minimum absolute atomic E-state index is 0.236. The molecule has 0 aromatic heterocycles. The average Bonchev–Trinajstić information content (AvgIpc) is 2.50. The normalized spacial score (nSPS) is 21.3. The van der Waals surface area contributed by atoms with Gasteiger partial charge < -0.3 is 4.74 Å². The molecule has 0 radical (unpaired) electrons. The van der Waals surface area contributed by atoms with E-state index in [2.05, 4.69) is 0 Å². The Morgan fingerprint density at radius 3 is 2.41 bits per heavy atom. The maximum atomic E-state index is 12.5. The molecule has 0 spiro atoms. The molecule has 1 aliphatic heterocycles. The predicted octanol–water partition coefficient (Wildman–Crippen LogP) is 1.69. The van der Waals surface area contributed by atoms with Crippen LogP contribution >= 0.6 is 0 Å². The van der Waals surface area contributed by atoms with Crippen molar-refractivity contribution in [3.63, 3.8) is 0 Å². The molecule has 0 N–H and O–H groups in total. The highest BCUT2D eigenvalue weighted by Crippen LogP contribution is 2.35. The Hall–Kier alpha value is -1.86. The van der Waals surface area contributed by atoms with Crippen LogP contribution < -0.4 is 0 Å². The molecule has 0 bridgehead atoms. The van der Waals surface area contributed by atoms with E-state index in [-0.39, 0.29) is 13.2 Å². The summed E-state index contributed by atoms with van der Waals surface area (Å²) in [7, 11) is -2.17. The van der Waals surface area contributed by atoms with E-state index in [0.29, 0.717) is 5.57 Å². The lowest BCUT2D eigenvalue weighted by Crippen LogP contribution is -2.46. The summed E-state index contributed by atoms with van der Waals surface area (Å²) in [6.07, 6.45) is 1.38. The third-order valence-electron chi connectivity index (χ3n) is 3.54. The van der Waals surface area contributed by atoms with Crippen LogP contribution in [0.1, 0.15) is 25.5 Å². The Morgan fingerprint density at radius 2 is 1.86 bits per heavy atom. The Kier molecular flexibility index (Phi) is 4.87. The van der Waals surface area contributed by atoms with Crippen molar-refractivity contribution in [3.8, 4) is 0 Å². The van der Waals surface area contributed by atoms with Gasteiger partial charge in [-0.15, -0.1) is 0 Å². The minimum atomic E-state index is -3.65. The molecule has 1 atom stereocenters. The summed E-state index contributed by atoms with van der Waals surface area (Å²) in [5.74, 6) is -0.503. The van der Waals surface area contributed by atoms with E-state index >= 15 is 0 Å². The fourth-order valence-electron chi connectivity index (χ4n) is 2.44.